The Morgan fingerprint density at radius 2 is 1.74 bits per heavy atom. The number of amides is 1. The highest BCUT2D eigenvalue weighted by Crippen LogP contribution is 2.43. The molecule has 4 heterocycles. The predicted octanol–water partition coefficient (Wildman–Crippen LogP) is 6.70. The molecule has 3 aromatic carbocycles. The topological polar surface area (TPSA) is 216 Å². The molecule has 6 bridgehead atoms. The Morgan fingerprint density at radius 1 is 0.985 bits per heavy atom. The number of aromatic hydroxyl groups is 1. The number of anilines is 1. The molecular formula is C52H63N3O13. The molecule has 4 aromatic rings. The largest absolute Gasteiger partial charge is 0.507 e. The van der Waals surface area contributed by atoms with Gasteiger partial charge in [0.1, 0.15) is 41.2 Å². The molecule has 11 atom stereocenters. The quantitative estimate of drug-likeness (QED) is 0.0899. The summed E-state index contributed by atoms with van der Waals surface area (Å²) in [5.74, 6) is -4.72. The average molecular weight is 938 g/mol. The van der Waals surface area contributed by atoms with Crippen LogP contribution in [0, 0.1) is 42.4 Å². The number of aromatic nitrogens is 1. The normalized spacial score (nSPS) is 32.0. The maximum absolute atomic E-state index is 14.9. The number of nitrogens with zero attached hydrogens (tertiary/aromatic N) is 2. The lowest BCUT2D eigenvalue weighted by molar-refractivity contribution is -0.157. The number of phenols is 1. The van der Waals surface area contributed by atoms with Crippen molar-refractivity contribution in [3.05, 3.63) is 79.5 Å². The van der Waals surface area contributed by atoms with Gasteiger partial charge in [-0.25, -0.2) is 4.98 Å². The lowest BCUT2D eigenvalue weighted by Crippen LogP contribution is -2.43. The van der Waals surface area contributed by atoms with Gasteiger partial charge in [-0.2, -0.15) is 0 Å². The van der Waals surface area contributed by atoms with Gasteiger partial charge in [-0.05, 0) is 62.9 Å². The highest BCUT2D eigenvalue weighted by molar-refractivity contribution is 6.16. The van der Waals surface area contributed by atoms with Gasteiger partial charge in [0.25, 0.3) is 5.91 Å². The summed E-state index contributed by atoms with van der Waals surface area (Å²) < 4.78 is 36.8. The van der Waals surface area contributed by atoms with Crippen LogP contribution in [0.25, 0.3) is 38.7 Å². The van der Waals surface area contributed by atoms with Gasteiger partial charge in [-0.3, -0.25) is 24.1 Å². The summed E-state index contributed by atoms with van der Waals surface area (Å²) in [6, 6.07) is 3.37. The molecule has 1 saturated carbocycles. The monoisotopic (exact) mass is 937 g/mol. The summed E-state index contributed by atoms with van der Waals surface area (Å²) in [5, 5.41) is 37.9. The number of aliphatic hydroxyl groups excluding tert-OH is 2. The third-order valence-electron chi connectivity index (χ3n) is 15.2. The molecule has 364 valence electrons. The van der Waals surface area contributed by atoms with Crippen LogP contribution in [0.2, 0.25) is 0 Å². The zero-order valence-electron chi connectivity index (χ0n) is 40.4. The van der Waals surface area contributed by atoms with Crippen molar-refractivity contribution in [3.8, 4) is 17.2 Å². The number of piperidine rings is 1. The number of carbonyl (C=O) groups is 2. The molecule has 4 N–H and O–H groups in total. The molecule has 0 radical (unpaired) electrons. The Hall–Kier alpha value is -5.97. The standard InChI is InChI=1S/C52H63N3O13/c1-24-12-11-13-25(2)51(62)54-43-46(60)39-38(42-49(43)67-37-22-34(21-35(57)41(37)53-42)64-19-17-55-23-32-14-15-33(55)20-32)40-48(30(7)45(39)59)68-52(9,50(40)61)65-18-16-36(63-10)29(6)47(66-31(8)56)28(5)26(3)27(4)44(24)58/h11-13,16,18,21-22,24,26-29,32-33,36,44,47,58-59,61H,14-15,17,19-20,23H2,1-10H3,(H,54,62)/b12-11+,18-16+,25-13-/t24-,26+,27-,28+,29+,32?,33?,36-,44-,47-,52-/m0/s1. The number of allylic oxidation sites excluding steroid dienone is 2. The molecule has 2 unspecified atom stereocenters. The van der Waals surface area contributed by atoms with Gasteiger partial charge in [-0.15, -0.1) is 0 Å². The van der Waals surface area contributed by atoms with Gasteiger partial charge < -0.3 is 48.7 Å². The smallest absolute Gasteiger partial charge is 0.307 e. The third kappa shape index (κ3) is 8.70. The van der Waals surface area contributed by atoms with E-state index in [9.17, 15) is 34.5 Å². The van der Waals surface area contributed by atoms with Crippen LogP contribution in [0.3, 0.4) is 0 Å². The number of rotatable bonds is 6. The first-order valence-corrected chi connectivity index (χ1v) is 23.6. The molecule has 1 amide bonds. The van der Waals surface area contributed by atoms with Crippen molar-refractivity contribution >= 4 is 56.3 Å². The highest BCUT2D eigenvalue weighted by Gasteiger charge is 2.44. The Labute approximate surface area is 394 Å². The van der Waals surface area contributed by atoms with Crippen LogP contribution in [-0.4, -0.2) is 94.0 Å². The first-order valence-electron chi connectivity index (χ1n) is 23.6. The predicted molar refractivity (Wildman–Crippen MR) is 256 cm³/mol. The van der Waals surface area contributed by atoms with E-state index in [1.54, 1.807) is 31.2 Å². The van der Waals surface area contributed by atoms with Crippen molar-refractivity contribution in [2.24, 2.45) is 35.5 Å². The van der Waals surface area contributed by atoms with Crippen molar-refractivity contribution in [2.45, 2.75) is 112 Å². The van der Waals surface area contributed by atoms with Gasteiger partial charge in [0.05, 0.1) is 29.1 Å². The van der Waals surface area contributed by atoms with Crippen LogP contribution in [0.5, 0.6) is 17.2 Å². The third-order valence-corrected chi connectivity index (χ3v) is 15.2. The summed E-state index contributed by atoms with van der Waals surface area (Å²) in [4.78, 5) is 62.5. The molecule has 1 saturated heterocycles. The first kappa shape index (κ1) is 48.5. The number of ether oxygens (including phenoxy) is 5. The molecule has 4 aliphatic rings. The van der Waals surface area contributed by atoms with E-state index >= 15 is 0 Å². The minimum atomic E-state index is -1.95. The van der Waals surface area contributed by atoms with Crippen LogP contribution in [0.15, 0.2) is 62.3 Å². The zero-order valence-corrected chi connectivity index (χ0v) is 40.4. The number of carbonyl (C=O) groups excluding carboxylic acids is 2. The van der Waals surface area contributed by atoms with E-state index in [4.69, 9.17) is 33.1 Å². The van der Waals surface area contributed by atoms with E-state index < -0.39 is 64.3 Å². The second kappa shape index (κ2) is 18.8. The van der Waals surface area contributed by atoms with Crippen LogP contribution in [0.1, 0.15) is 80.2 Å². The van der Waals surface area contributed by atoms with Crippen molar-refractivity contribution in [2.75, 3.05) is 32.1 Å². The number of nitrogens with one attached hydrogen (secondary N) is 1. The molecule has 1 aromatic heterocycles. The molecule has 3 aliphatic heterocycles. The lowest BCUT2D eigenvalue weighted by atomic mass is 9.73. The Balaban J connectivity index is 1.30. The molecule has 16 heteroatoms. The summed E-state index contributed by atoms with van der Waals surface area (Å²) in [7, 11) is 1.50. The first-order chi connectivity index (χ1) is 32.2. The number of phenolic OH excluding ortho intramolecular Hbond substituents is 1. The minimum absolute atomic E-state index is 0.0306. The summed E-state index contributed by atoms with van der Waals surface area (Å²) in [6.07, 6.45) is 9.30. The molecule has 68 heavy (non-hydrogen) atoms. The second-order valence-electron chi connectivity index (χ2n) is 19.6. The number of esters is 1. The van der Waals surface area contributed by atoms with Gasteiger partial charge >= 0.3 is 11.8 Å². The van der Waals surface area contributed by atoms with E-state index in [-0.39, 0.29) is 90.2 Å². The van der Waals surface area contributed by atoms with E-state index in [0.29, 0.717) is 25.1 Å². The van der Waals surface area contributed by atoms with Crippen LogP contribution >= 0.6 is 0 Å². The van der Waals surface area contributed by atoms with Gasteiger partial charge in [0.15, 0.2) is 22.4 Å². The molecule has 16 nitrogen and oxygen atoms in total. The SMILES string of the molecule is CO[C@H]1/C=C/O[C@@]2(C)Oc3c(C)c(O)c4c(=O)c(c5oc6cc(OCCN7CC8CCC7C8)cc(=O)c6nc5c4c3=C2O)NC(=O)/C(C)=C\C=C\[C@H](C)[C@H](O)[C@@H](C)[C@@H](C)[C@@H](C)[C@H](OC(C)=O)[C@@H]1C. The highest BCUT2D eigenvalue weighted by atomic mass is 16.7. The molecule has 1 aliphatic carbocycles. The van der Waals surface area contributed by atoms with E-state index in [1.165, 1.54) is 65.5 Å². The molecule has 8 rings (SSSR count). The van der Waals surface area contributed by atoms with Crippen molar-refractivity contribution in [3.63, 3.8) is 0 Å². The van der Waals surface area contributed by atoms with Crippen LogP contribution < -0.4 is 30.9 Å². The van der Waals surface area contributed by atoms with E-state index in [0.717, 1.165) is 6.54 Å². The van der Waals surface area contributed by atoms with Gasteiger partial charge in [0.2, 0.25) is 10.9 Å². The van der Waals surface area contributed by atoms with Crippen molar-refractivity contribution < 1.29 is 53.0 Å². The number of hydrogen-bond acceptors (Lipinski definition) is 15. The van der Waals surface area contributed by atoms with Gasteiger partial charge in [0, 0.05) is 80.6 Å². The molecule has 0 spiro atoms. The number of hydrogen-bond donors (Lipinski definition) is 4. The van der Waals surface area contributed by atoms with Crippen molar-refractivity contribution in [1.82, 2.24) is 9.88 Å². The summed E-state index contributed by atoms with van der Waals surface area (Å²) >= 11 is 0. The lowest BCUT2D eigenvalue weighted by Gasteiger charge is -2.39. The number of fused-ring (bicyclic) bond motifs is 4. The van der Waals surface area contributed by atoms with Crippen molar-refractivity contribution in [1.29, 1.82) is 0 Å². The number of methoxy groups -OCH3 is 1. The van der Waals surface area contributed by atoms with Gasteiger partial charge in [-0.1, -0.05) is 52.8 Å². The fourth-order valence-corrected chi connectivity index (χ4v) is 10.7. The Bertz CT molecular complexity index is 2940. The number of aliphatic hydroxyl groups is 2. The maximum atomic E-state index is 14.9. The second-order valence-corrected chi connectivity index (χ2v) is 19.6. The van der Waals surface area contributed by atoms with Crippen LogP contribution in [0.4, 0.5) is 5.69 Å². The number of likely N-dealkylation sites (tertiary alicyclic amines) is 1. The zero-order chi connectivity index (χ0) is 49.1. The summed E-state index contributed by atoms with van der Waals surface area (Å²) in [5.41, 5.74) is -2.08. The maximum Gasteiger partial charge on any atom is 0.307 e. The molecular weight excluding hydrogens is 875 g/mol. The molecule has 2 fully saturated rings. The van der Waals surface area contributed by atoms with E-state index in [1.807, 2.05) is 34.6 Å². The minimum Gasteiger partial charge on any atom is -0.507 e. The Morgan fingerprint density at radius 3 is 2.41 bits per heavy atom. The fourth-order valence-electron chi connectivity index (χ4n) is 10.7. The number of benzene rings is 3. The average Bonchev–Trinajstić information content (AvgIpc) is 4.01. The summed E-state index contributed by atoms with van der Waals surface area (Å²) in [6.45, 7) is 17.5. The Kier molecular flexibility index (Phi) is 13.4. The van der Waals surface area contributed by atoms with E-state index in [2.05, 4.69) is 10.2 Å². The van der Waals surface area contributed by atoms with Crippen LogP contribution in [-0.2, 0) is 23.8 Å². The fraction of sp³-hybridized carbons (Fsp3) is 0.519.